The average molecular weight is 341 g/mol. The van der Waals surface area contributed by atoms with Crippen molar-refractivity contribution in [2.45, 2.75) is 19.3 Å². The van der Waals surface area contributed by atoms with Gasteiger partial charge in [-0.1, -0.05) is 18.2 Å². The summed E-state index contributed by atoms with van der Waals surface area (Å²) in [5.74, 6) is 0.682. The second kappa shape index (κ2) is 6.85. The first-order valence-corrected chi connectivity index (χ1v) is 9.65. The van der Waals surface area contributed by atoms with Crippen molar-refractivity contribution < 1.29 is 4.79 Å². The Morgan fingerprint density at radius 3 is 2.79 bits per heavy atom. The Kier molecular flexibility index (Phi) is 4.43. The van der Waals surface area contributed by atoms with Crippen LogP contribution in [0, 0.1) is 5.92 Å². The number of piperidine rings is 1. The Morgan fingerprint density at radius 2 is 2.00 bits per heavy atom. The number of hydrogen-bond donors (Lipinski definition) is 1. The highest BCUT2D eigenvalue weighted by molar-refractivity contribution is 7.08. The second-order valence-electron chi connectivity index (χ2n) is 6.70. The van der Waals surface area contributed by atoms with Gasteiger partial charge < -0.3 is 15.1 Å². The van der Waals surface area contributed by atoms with Crippen LogP contribution in [0.25, 0.3) is 0 Å². The van der Waals surface area contributed by atoms with Gasteiger partial charge in [-0.2, -0.15) is 11.3 Å². The first kappa shape index (κ1) is 15.5. The fourth-order valence-electron chi connectivity index (χ4n) is 3.76. The van der Waals surface area contributed by atoms with E-state index in [4.69, 9.17) is 0 Å². The van der Waals surface area contributed by atoms with Gasteiger partial charge >= 0.3 is 6.03 Å². The number of rotatable bonds is 3. The number of nitrogens with one attached hydrogen (secondary N) is 1. The number of likely N-dealkylation sites (tertiary alicyclic amines) is 1. The lowest BCUT2D eigenvalue weighted by atomic mass is 9.96. The number of carbonyl (C=O) groups excluding carboxylic acids is 1. The molecule has 1 saturated heterocycles. The highest BCUT2D eigenvalue weighted by Crippen LogP contribution is 2.30. The number of urea groups is 1. The third kappa shape index (κ3) is 3.26. The van der Waals surface area contributed by atoms with Crippen molar-refractivity contribution in [1.29, 1.82) is 0 Å². The zero-order valence-electron chi connectivity index (χ0n) is 13.8. The number of hydrogen-bond acceptors (Lipinski definition) is 3. The van der Waals surface area contributed by atoms with E-state index in [0.717, 1.165) is 51.1 Å². The van der Waals surface area contributed by atoms with E-state index in [9.17, 15) is 4.79 Å². The SMILES string of the molecule is O=C(Nc1ccsc1)N1CCC(CN2CCc3ccccc32)CC1. The summed E-state index contributed by atoms with van der Waals surface area (Å²) in [6.45, 7) is 3.97. The van der Waals surface area contributed by atoms with Gasteiger partial charge in [0.1, 0.15) is 0 Å². The van der Waals surface area contributed by atoms with Gasteiger partial charge in [-0.25, -0.2) is 4.79 Å². The number of benzene rings is 1. The molecule has 2 aliphatic rings. The van der Waals surface area contributed by atoms with Crippen molar-refractivity contribution in [1.82, 2.24) is 4.90 Å². The summed E-state index contributed by atoms with van der Waals surface area (Å²) in [5.41, 5.74) is 3.79. The van der Waals surface area contributed by atoms with Crippen LogP contribution >= 0.6 is 11.3 Å². The molecule has 2 aliphatic heterocycles. The molecule has 1 N–H and O–H groups in total. The van der Waals surface area contributed by atoms with Crippen LogP contribution in [0.4, 0.5) is 16.2 Å². The highest BCUT2D eigenvalue weighted by Gasteiger charge is 2.26. The number of thiophene rings is 1. The summed E-state index contributed by atoms with van der Waals surface area (Å²) >= 11 is 1.60. The van der Waals surface area contributed by atoms with Crippen LogP contribution in [0.1, 0.15) is 18.4 Å². The van der Waals surface area contributed by atoms with Gasteiger partial charge in [0.25, 0.3) is 0 Å². The fourth-order valence-corrected chi connectivity index (χ4v) is 4.35. The van der Waals surface area contributed by atoms with Crippen LogP contribution in [-0.2, 0) is 6.42 Å². The lowest BCUT2D eigenvalue weighted by molar-refractivity contribution is 0.183. The largest absolute Gasteiger partial charge is 0.371 e. The van der Waals surface area contributed by atoms with Crippen molar-refractivity contribution in [2.75, 3.05) is 36.4 Å². The third-order valence-corrected chi connectivity index (χ3v) is 5.82. The van der Waals surface area contributed by atoms with Crippen LogP contribution in [0.5, 0.6) is 0 Å². The monoisotopic (exact) mass is 341 g/mol. The molecule has 0 spiro atoms. The van der Waals surface area contributed by atoms with E-state index in [1.165, 1.54) is 11.3 Å². The number of fused-ring (bicyclic) bond motifs is 1. The molecule has 126 valence electrons. The van der Waals surface area contributed by atoms with Crippen LogP contribution in [-0.4, -0.2) is 37.1 Å². The van der Waals surface area contributed by atoms with Crippen molar-refractivity contribution in [3.8, 4) is 0 Å². The Morgan fingerprint density at radius 1 is 1.17 bits per heavy atom. The molecular formula is C19H23N3OS. The van der Waals surface area contributed by atoms with Gasteiger partial charge in [0.05, 0.1) is 5.69 Å². The zero-order chi connectivity index (χ0) is 16.4. The van der Waals surface area contributed by atoms with Crippen molar-refractivity contribution in [3.05, 3.63) is 46.7 Å². The second-order valence-corrected chi connectivity index (χ2v) is 7.48. The van der Waals surface area contributed by atoms with Gasteiger partial charge in [0.15, 0.2) is 0 Å². The quantitative estimate of drug-likeness (QED) is 0.914. The van der Waals surface area contributed by atoms with Gasteiger partial charge in [-0.05, 0) is 48.3 Å². The van der Waals surface area contributed by atoms with Crippen molar-refractivity contribution >= 4 is 28.7 Å². The molecule has 4 rings (SSSR count). The maximum Gasteiger partial charge on any atom is 0.321 e. The Balaban J connectivity index is 1.28. The predicted molar refractivity (Wildman–Crippen MR) is 100.0 cm³/mol. The number of carbonyl (C=O) groups is 1. The normalized spacial score (nSPS) is 17.8. The first-order valence-electron chi connectivity index (χ1n) is 8.70. The summed E-state index contributed by atoms with van der Waals surface area (Å²) in [4.78, 5) is 16.8. The standard InChI is InChI=1S/C19H23N3OS/c23-19(20-17-8-12-24-14-17)21-9-5-15(6-10-21)13-22-11-7-16-3-1-2-4-18(16)22/h1-4,8,12,14-15H,5-7,9-11,13H2,(H,20,23). The van der Waals surface area contributed by atoms with Crippen molar-refractivity contribution in [2.24, 2.45) is 5.92 Å². The maximum absolute atomic E-state index is 12.3. The molecule has 1 fully saturated rings. The van der Waals surface area contributed by atoms with Gasteiger partial charge in [-0.15, -0.1) is 0 Å². The third-order valence-electron chi connectivity index (χ3n) is 5.14. The molecule has 0 aliphatic carbocycles. The Labute approximate surface area is 147 Å². The van der Waals surface area contributed by atoms with E-state index in [1.54, 1.807) is 11.3 Å². The zero-order valence-corrected chi connectivity index (χ0v) is 14.6. The summed E-state index contributed by atoms with van der Waals surface area (Å²) in [5, 5.41) is 6.93. The minimum atomic E-state index is 0.0402. The number of nitrogens with zero attached hydrogens (tertiary/aromatic N) is 2. The number of anilines is 2. The van der Waals surface area contributed by atoms with E-state index in [0.29, 0.717) is 5.92 Å². The average Bonchev–Trinajstić information content (AvgIpc) is 3.26. The van der Waals surface area contributed by atoms with Crippen LogP contribution in [0.15, 0.2) is 41.1 Å². The Bertz CT molecular complexity index is 692. The molecule has 0 saturated carbocycles. The van der Waals surface area contributed by atoms with E-state index >= 15 is 0 Å². The smallest absolute Gasteiger partial charge is 0.321 e. The molecule has 24 heavy (non-hydrogen) atoms. The van der Waals surface area contributed by atoms with E-state index in [2.05, 4.69) is 34.5 Å². The van der Waals surface area contributed by atoms with E-state index in [1.807, 2.05) is 21.7 Å². The molecule has 1 aromatic carbocycles. The molecule has 3 heterocycles. The molecule has 4 nitrogen and oxygen atoms in total. The lowest BCUT2D eigenvalue weighted by Crippen LogP contribution is -2.43. The maximum atomic E-state index is 12.3. The molecule has 0 bridgehead atoms. The van der Waals surface area contributed by atoms with Gasteiger partial charge in [-0.3, -0.25) is 0 Å². The van der Waals surface area contributed by atoms with Crippen molar-refractivity contribution in [3.63, 3.8) is 0 Å². The summed E-state index contributed by atoms with van der Waals surface area (Å²) in [6.07, 6.45) is 3.35. The molecule has 0 radical (unpaired) electrons. The highest BCUT2D eigenvalue weighted by atomic mass is 32.1. The minimum absolute atomic E-state index is 0.0402. The topological polar surface area (TPSA) is 35.6 Å². The Hall–Kier alpha value is -2.01. The summed E-state index contributed by atoms with van der Waals surface area (Å²) in [6, 6.07) is 10.7. The number of para-hydroxylation sites is 1. The van der Waals surface area contributed by atoms with Crippen LogP contribution in [0.2, 0.25) is 0 Å². The van der Waals surface area contributed by atoms with E-state index < -0.39 is 0 Å². The molecule has 0 atom stereocenters. The summed E-state index contributed by atoms with van der Waals surface area (Å²) in [7, 11) is 0. The molecular weight excluding hydrogens is 318 g/mol. The summed E-state index contributed by atoms with van der Waals surface area (Å²) < 4.78 is 0. The molecule has 5 heteroatoms. The molecule has 1 aromatic heterocycles. The molecule has 2 aromatic rings. The predicted octanol–water partition coefficient (Wildman–Crippen LogP) is 4.05. The van der Waals surface area contributed by atoms with Gasteiger partial charge in [0.2, 0.25) is 0 Å². The molecule has 2 amide bonds. The van der Waals surface area contributed by atoms with Gasteiger partial charge in [0, 0.05) is 37.2 Å². The number of amides is 2. The van der Waals surface area contributed by atoms with E-state index in [-0.39, 0.29) is 6.03 Å². The van der Waals surface area contributed by atoms with Crippen LogP contribution in [0.3, 0.4) is 0 Å². The minimum Gasteiger partial charge on any atom is -0.371 e. The first-order chi connectivity index (χ1) is 11.8. The van der Waals surface area contributed by atoms with Crippen LogP contribution < -0.4 is 10.2 Å². The molecule has 0 unspecified atom stereocenters. The fraction of sp³-hybridized carbons (Fsp3) is 0.421. The lowest BCUT2D eigenvalue weighted by Gasteiger charge is -2.34.